The zero-order valence-electron chi connectivity index (χ0n) is 9.82. The summed E-state index contributed by atoms with van der Waals surface area (Å²) < 4.78 is 38.6. The number of nitrogens with zero attached hydrogens (tertiary/aromatic N) is 1. The molecule has 1 atom stereocenters. The second-order valence-electron chi connectivity index (χ2n) is 3.64. The minimum absolute atomic E-state index is 0.522. The molecule has 0 heterocycles. The molecule has 110 valence electrons. The van der Waals surface area contributed by atoms with Crippen molar-refractivity contribution in [3.63, 3.8) is 0 Å². The maximum absolute atomic E-state index is 13.4. The van der Waals surface area contributed by atoms with Crippen molar-refractivity contribution in [2.45, 2.75) is 11.0 Å². The molecule has 0 fully saturated rings. The molecule has 0 saturated carbocycles. The zero-order chi connectivity index (χ0) is 15.5. The van der Waals surface area contributed by atoms with Gasteiger partial charge >= 0.3 is 0 Å². The van der Waals surface area contributed by atoms with Crippen LogP contribution in [0.15, 0.2) is 23.1 Å². The summed E-state index contributed by atoms with van der Waals surface area (Å²) >= 11 is 0. The first-order valence-corrected chi connectivity index (χ1v) is 6.54. The standard InChI is InChI=1S/C9H10FN3O6S/c10-6-2-1-5(13(16)17)3-8(6)20(18,19)12-4-7(14)9(11)15/h1-3,7,12,14H,4H2,(H2,11,15). The molecular formula is C9H10FN3O6S. The van der Waals surface area contributed by atoms with Gasteiger partial charge in [0.25, 0.3) is 5.69 Å². The topological polar surface area (TPSA) is 153 Å². The number of hydrogen-bond acceptors (Lipinski definition) is 6. The monoisotopic (exact) mass is 307 g/mol. The summed E-state index contributed by atoms with van der Waals surface area (Å²) in [6.45, 7) is -0.778. The fourth-order valence-corrected chi connectivity index (χ4v) is 2.31. The number of halogens is 1. The highest BCUT2D eigenvalue weighted by Crippen LogP contribution is 2.20. The van der Waals surface area contributed by atoms with Crippen LogP contribution in [-0.4, -0.2) is 37.0 Å². The van der Waals surface area contributed by atoms with Gasteiger partial charge in [-0.15, -0.1) is 0 Å². The minimum Gasteiger partial charge on any atom is -0.382 e. The van der Waals surface area contributed by atoms with Crippen molar-refractivity contribution in [2.24, 2.45) is 5.73 Å². The number of carbonyl (C=O) groups excluding carboxylic acids is 1. The van der Waals surface area contributed by atoms with Gasteiger partial charge in [0.15, 0.2) is 0 Å². The Labute approximate surface area is 112 Å². The predicted octanol–water partition coefficient (Wildman–Crippen LogP) is -1.14. The molecule has 1 aromatic rings. The lowest BCUT2D eigenvalue weighted by atomic mass is 10.3. The van der Waals surface area contributed by atoms with Crippen LogP contribution in [0.4, 0.5) is 10.1 Å². The zero-order valence-corrected chi connectivity index (χ0v) is 10.6. The highest BCUT2D eigenvalue weighted by atomic mass is 32.2. The number of primary amides is 1. The van der Waals surface area contributed by atoms with E-state index in [0.717, 1.165) is 6.07 Å². The summed E-state index contributed by atoms with van der Waals surface area (Å²) in [6, 6.07) is 1.94. The van der Waals surface area contributed by atoms with Crippen LogP contribution in [0.2, 0.25) is 0 Å². The molecule has 4 N–H and O–H groups in total. The van der Waals surface area contributed by atoms with Gasteiger partial charge in [-0.3, -0.25) is 14.9 Å². The molecule has 0 aliphatic heterocycles. The van der Waals surface area contributed by atoms with Gasteiger partial charge in [-0.1, -0.05) is 0 Å². The maximum atomic E-state index is 13.4. The highest BCUT2D eigenvalue weighted by Gasteiger charge is 2.24. The number of nitrogens with one attached hydrogen (secondary N) is 1. The van der Waals surface area contributed by atoms with Gasteiger partial charge in [0.05, 0.1) is 4.92 Å². The third-order valence-corrected chi connectivity index (χ3v) is 3.65. The van der Waals surface area contributed by atoms with Crippen LogP contribution in [0.1, 0.15) is 0 Å². The number of nitro benzene ring substituents is 1. The van der Waals surface area contributed by atoms with Crippen LogP contribution in [0.25, 0.3) is 0 Å². The molecule has 0 saturated heterocycles. The molecule has 1 unspecified atom stereocenters. The van der Waals surface area contributed by atoms with Gasteiger partial charge in [-0.2, -0.15) is 0 Å². The van der Waals surface area contributed by atoms with Crippen LogP contribution < -0.4 is 10.5 Å². The molecule has 0 spiro atoms. The lowest BCUT2D eigenvalue weighted by molar-refractivity contribution is -0.385. The number of nitro groups is 1. The van der Waals surface area contributed by atoms with Gasteiger partial charge in [-0.05, 0) is 6.07 Å². The molecule has 0 bridgehead atoms. The van der Waals surface area contributed by atoms with E-state index in [4.69, 9.17) is 10.8 Å². The number of aliphatic hydroxyl groups is 1. The van der Waals surface area contributed by atoms with Gasteiger partial charge in [0.2, 0.25) is 15.9 Å². The normalized spacial score (nSPS) is 12.9. The summed E-state index contributed by atoms with van der Waals surface area (Å²) in [5, 5.41) is 19.6. The van der Waals surface area contributed by atoms with E-state index < -0.39 is 49.9 Å². The molecule has 0 aliphatic carbocycles. The third kappa shape index (κ3) is 3.69. The van der Waals surface area contributed by atoms with Crippen molar-refractivity contribution in [3.05, 3.63) is 34.1 Å². The molecule has 0 aromatic heterocycles. The Bertz CT molecular complexity index is 647. The predicted molar refractivity (Wildman–Crippen MR) is 63.4 cm³/mol. The molecule has 1 aromatic carbocycles. The third-order valence-electron chi connectivity index (χ3n) is 2.21. The van der Waals surface area contributed by atoms with E-state index in [0.29, 0.717) is 12.1 Å². The molecule has 0 aliphatic rings. The van der Waals surface area contributed by atoms with Crippen molar-refractivity contribution < 1.29 is 27.6 Å². The number of rotatable bonds is 6. The number of non-ortho nitro benzene ring substituents is 1. The summed E-state index contributed by atoms with van der Waals surface area (Å²) in [6.07, 6.45) is -1.80. The molecule has 20 heavy (non-hydrogen) atoms. The van der Waals surface area contributed by atoms with E-state index in [1.165, 1.54) is 0 Å². The Morgan fingerprint density at radius 1 is 1.55 bits per heavy atom. The lowest BCUT2D eigenvalue weighted by Gasteiger charge is -2.09. The Morgan fingerprint density at radius 2 is 2.15 bits per heavy atom. The second kappa shape index (κ2) is 5.90. The van der Waals surface area contributed by atoms with Crippen molar-refractivity contribution in [3.8, 4) is 0 Å². The van der Waals surface area contributed by atoms with E-state index >= 15 is 0 Å². The van der Waals surface area contributed by atoms with Crippen LogP contribution in [0.5, 0.6) is 0 Å². The van der Waals surface area contributed by atoms with E-state index in [1.807, 2.05) is 0 Å². The SMILES string of the molecule is NC(=O)C(O)CNS(=O)(=O)c1cc([N+](=O)[O-])ccc1F. The number of benzene rings is 1. The summed E-state index contributed by atoms with van der Waals surface area (Å²) in [4.78, 5) is 19.2. The maximum Gasteiger partial charge on any atom is 0.270 e. The lowest BCUT2D eigenvalue weighted by Crippen LogP contribution is -2.40. The Balaban J connectivity index is 3.06. The van der Waals surface area contributed by atoms with E-state index in [2.05, 4.69) is 0 Å². The molecule has 1 amide bonds. The average molecular weight is 307 g/mol. The Kier molecular flexibility index (Phi) is 4.70. The molecule has 9 nitrogen and oxygen atoms in total. The van der Waals surface area contributed by atoms with Crippen molar-refractivity contribution in [2.75, 3.05) is 6.54 Å². The van der Waals surface area contributed by atoms with Gasteiger partial charge < -0.3 is 10.8 Å². The number of hydrogen-bond donors (Lipinski definition) is 3. The first-order chi connectivity index (χ1) is 9.15. The Morgan fingerprint density at radius 3 is 2.65 bits per heavy atom. The molecule has 0 radical (unpaired) electrons. The molecule has 1 rings (SSSR count). The van der Waals surface area contributed by atoms with Crippen LogP contribution in [-0.2, 0) is 14.8 Å². The fourth-order valence-electron chi connectivity index (χ4n) is 1.18. The van der Waals surface area contributed by atoms with E-state index in [9.17, 15) is 27.7 Å². The van der Waals surface area contributed by atoms with Crippen LogP contribution in [0, 0.1) is 15.9 Å². The Hall–Kier alpha value is -2.11. The average Bonchev–Trinajstić information content (AvgIpc) is 2.35. The first kappa shape index (κ1) is 15.9. The molecular weight excluding hydrogens is 297 g/mol. The van der Waals surface area contributed by atoms with Gasteiger partial charge in [-0.25, -0.2) is 17.5 Å². The quantitative estimate of drug-likeness (QED) is 0.446. The number of sulfonamides is 1. The number of amides is 1. The first-order valence-electron chi connectivity index (χ1n) is 5.06. The minimum atomic E-state index is -4.47. The largest absolute Gasteiger partial charge is 0.382 e. The number of nitrogens with two attached hydrogens (primary N) is 1. The smallest absolute Gasteiger partial charge is 0.270 e. The second-order valence-corrected chi connectivity index (χ2v) is 5.38. The fraction of sp³-hybridized carbons (Fsp3) is 0.222. The number of carbonyl (C=O) groups is 1. The van der Waals surface area contributed by atoms with E-state index in [1.54, 1.807) is 4.72 Å². The highest BCUT2D eigenvalue weighted by molar-refractivity contribution is 7.89. The van der Waals surface area contributed by atoms with E-state index in [-0.39, 0.29) is 0 Å². The van der Waals surface area contributed by atoms with Gasteiger partial charge in [0, 0.05) is 18.7 Å². The van der Waals surface area contributed by atoms with Crippen LogP contribution >= 0.6 is 0 Å². The summed E-state index contributed by atoms with van der Waals surface area (Å²) in [7, 11) is -4.47. The van der Waals surface area contributed by atoms with Crippen molar-refractivity contribution >= 4 is 21.6 Å². The summed E-state index contributed by atoms with van der Waals surface area (Å²) in [5.74, 6) is -2.39. The van der Waals surface area contributed by atoms with Crippen molar-refractivity contribution in [1.29, 1.82) is 0 Å². The van der Waals surface area contributed by atoms with Crippen LogP contribution in [0.3, 0.4) is 0 Å². The molecule has 11 heteroatoms. The number of aliphatic hydroxyl groups excluding tert-OH is 1. The van der Waals surface area contributed by atoms with Crippen molar-refractivity contribution in [1.82, 2.24) is 4.72 Å². The van der Waals surface area contributed by atoms with Gasteiger partial charge in [0.1, 0.15) is 16.8 Å². The summed E-state index contributed by atoms with van der Waals surface area (Å²) in [5.41, 5.74) is 4.09.